The first-order valence-electron chi connectivity index (χ1n) is 9.12. The summed E-state index contributed by atoms with van der Waals surface area (Å²) in [6, 6.07) is 0. The quantitative estimate of drug-likeness (QED) is 0.261. The maximum absolute atomic E-state index is 11.5. The fourth-order valence-corrected chi connectivity index (χ4v) is 70.5. The standard InChI is InChI=1S/C15H36O2P10/c1-10-5-6-12-8-15(16,9-14(12,3)4)11(2)7-13(10)17-24(25(19)20)27(23-18)26(21)22/h5,11-13,16,23H,6-9,18-22H2,1-4H3/b10-5-/t11?,12?,13-,15-,24?,27?/m1/s1. The first-order chi connectivity index (χ1) is 12.4. The summed E-state index contributed by atoms with van der Waals surface area (Å²) < 4.78 is 6.93. The minimum atomic E-state index is -0.537. The zero-order chi connectivity index (χ0) is 20.6. The molecule has 12 atom stereocenters. The van der Waals surface area contributed by atoms with Gasteiger partial charge in [0.1, 0.15) is 0 Å². The summed E-state index contributed by atoms with van der Waals surface area (Å²) in [6.07, 6.45) is 6.45. The van der Waals surface area contributed by atoms with Crippen molar-refractivity contribution in [1.29, 1.82) is 0 Å². The summed E-state index contributed by atoms with van der Waals surface area (Å²) in [4.78, 5) is 0. The molecule has 10 unspecified atom stereocenters. The lowest BCUT2D eigenvalue weighted by atomic mass is 9.77. The molecule has 2 rings (SSSR count). The van der Waals surface area contributed by atoms with Crippen molar-refractivity contribution in [2.24, 2.45) is 17.3 Å². The van der Waals surface area contributed by atoms with Crippen LogP contribution < -0.4 is 0 Å². The molecule has 2 nitrogen and oxygen atoms in total. The van der Waals surface area contributed by atoms with Gasteiger partial charge in [0.2, 0.25) is 0 Å². The van der Waals surface area contributed by atoms with Crippen LogP contribution >= 0.6 is 81.1 Å². The molecule has 2 bridgehead atoms. The Morgan fingerprint density at radius 1 is 1.22 bits per heavy atom. The highest BCUT2D eigenvalue weighted by Gasteiger charge is 2.51. The number of aliphatic hydroxyl groups is 1. The highest BCUT2D eigenvalue weighted by molar-refractivity contribution is 9.10. The largest absolute Gasteiger partial charge is 0.390 e. The van der Waals surface area contributed by atoms with Crippen molar-refractivity contribution in [3.05, 3.63) is 11.6 Å². The number of allylic oxidation sites excluding steroid dienone is 1. The first-order valence-corrected chi connectivity index (χ1v) is 26.6. The summed E-state index contributed by atoms with van der Waals surface area (Å²) in [6.45, 7) is 8.69. The lowest BCUT2D eigenvalue weighted by Gasteiger charge is -2.38. The van der Waals surface area contributed by atoms with Crippen LogP contribution in [0.25, 0.3) is 0 Å². The molecule has 0 spiro atoms. The highest BCUT2D eigenvalue weighted by atomic mass is 33.1. The predicted octanol–water partition coefficient (Wildman–Crippen LogP) is 9.05. The van der Waals surface area contributed by atoms with Crippen molar-refractivity contribution in [3.63, 3.8) is 0 Å². The minimum Gasteiger partial charge on any atom is -0.390 e. The Morgan fingerprint density at radius 2 is 1.85 bits per heavy atom. The lowest BCUT2D eigenvalue weighted by molar-refractivity contribution is -0.0256. The van der Waals surface area contributed by atoms with Crippen LogP contribution in [0.5, 0.6) is 0 Å². The van der Waals surface area contributed by atoms with E-state index < -0.39 is 13.1 Å². The average Bonchev–Trinajstić information content (AvgIpc) is 2.81. The molecular weight excluding hydrogens is 522 g/mol. The van der Waals surface area contributed by atoms with Gasteiger partial charge in [0.15, 0.2) is 0 Å². The van der Waals surface area contributed by atoms with Crippen LogP contribution in [0.3, 0.4) is 0 Å². The Kier molecular flexibility index (Phi) is 11.5. The Morgan fingerprint density at radius 3 is 2.37 bits per heavy atom. The van der Waals surface area contributed by atoms with Gasteiger partial charge in [-0.25, -0.2) is 0 Å². The van der Waals surface area contributed by atoms with E-state index in [1.165, 1.54) is 5.57 Å². The van der Waals surface area contributed by atoms with Crippen LogP contribution in [0.4, 0.5) is 0 Å². The SMILES string of the molecule is C/C1=C/CC2C[C@@](O)(CC2(C)C)C(C)C[C@H]1OP(P(P)P)P(PP)P(P)P. The van der Waals surface area contributed by atoms with E-state index in [9.17, 15) is 5.11 Å². The molecule has 2 aliphatic rings. The van der Waals surface area contributed by atoms with Gasteiger partial charge in [-0.1, -0.05) is 34.8 Å². The maximum atomic E-state index is 11.5. The molecule has 0 aromatic rings. The third-order valence-corrected chi connectivity index (χ3v) is 53.3. The van der Waals surface area contributed by atoms with Crippen molar-refractivity contribution < 1.29 is 9.63 Å². The Hall–Kier alpha value is 3.96. The molecule has 0 saturated heterocycles. The first kappa shape index (κ1) is 27.2. The topological polar surface area (TPSA) is 29.5 Å². The van der Waals surface area contributed by atoms with Gasteiger partial charge in [0.05, 0.1) is 19.2 Å². The van der Waals surface area contributed by atoms with Crippen LogP contribution in [0, 0.1) is 17.3 Å². The van der Waals surface area contributed by atoms with Crippen molar-refractivity contribution in [3.8, 4) is 0 Å². The van der Waals surface area contributed by atoms with Crippen molar-refractivity contribution >= 4 is 81.1 Å². The molecule has 0 amide bonds. The summed E-state index contributed by atoms with van der Waals surface area (Å²) >= 11 is 0. The van der Waals surface area contributed by atoms with E-state index >= 15 is 0 Å². The van der Waals surface area contributed by atoms with Gasteiger partial charge in [-0.15, -0.1) is 44.6 Å². The van der Waals surface area contributed by atoms with Crippen molar-refractivity contribution in [1.82, 2.24) is 0 Å². The second-order valence-corrected chi connectivity index (χ2v) is 43.0. The van der Waals surface area contributed by atoms with E-state index in [0.29, 0.717) is 5.92 Å². The molecule has 0 heterocycles. The summed E-state index contributed by atoms with van der Waals surface area (Å²) in [5.41, 5.74) is 1.06. The molecule has 12 heteroatoms. The van der Waals surface area contributed by atoms with E-state index in [0.717, 1.165) is 33.6 Å². The number of hydrogen-bond acceptors (Lipinski definition) is 2. The molecule has 0 aliphatic heterocycles. The second kappa shape index (κ2) is 11.4. The molecule has 27 heavy (non-hydrogen) atoms. The molecule has 158 valence electrons. The van der Waals surface area contributed by atoms with Crippen LogP contribution in [0.15, 0.2) is 11.6 Å². The molecule has 0 aromatic heterocycles. The predicted molar refractivity (Wildman–Crippen MR) is 153 cm³/mol. The third kappa shape index (κ3) is 6.97. The van der Waals surface area contributed by atoms with Gasteiger partial charge in [0, 0.05) is 6.99 Å². The smallest absolute Gasteiger partial charge is 0.0947 e. The molecule has 1 saturated carbocycles. The lowest BCUT2D eigenvalue weighted by Crippen LogP contribution is -2.36. The van der Waals surface area contributed by atoms with E-state index in [1.54, 1.807) is 0 Å². The number of fused-ring (bicyclic) bond motifs is 2. The van der Waals surface area contributed by atoms with Crippen LogP contribution in [-0.4, -0.2) is 16.8 Å². The van der Waals surface area contributed by atoms with E-state index in [-0.39, 0.29) is 38.4 Å². The molecule has 0 radical (unpaired) electrons. The number of rotatable bonds is 6. The normalized spacial score (nSPS) is 38.5. The third-order valence-electron chi connectivity index (χ3n) is 6.10. The van der Waals surface area contributed by atoms with Crippen molar-refractivity contribution in [2.45, 2.75) is 65.1 Å². The highest BCUT2D eigenvalue weighted by Crippen LogP contribution is 3.09. The minimum absolute atomic E-state index is 0.113. The van der Waals surface area contributed by atoms with Crippen LogP contribution in [0.1, 0.15) is 53.4 Å². The molecule has 1 N–H and O–H groups in total. The fourth-order valence-electron chi connectivity index (χ4n) is 4.31. The Balaban J connectivity index is 2.28. The maximum Gasteiger partial charge on any atom is 0.0947 e. The van der Waals surface area contributed by atoms with Gasteiger partial charge in [-0.05, 0) is 69.4 Å². The van der Waals surface area contributed by atoms with Crippen LogP contribution in [-0.2, 0) is 4.52 Å². The molecule has 1 fully saturated rings. The zero-order valence-corrected chi connectivity index (χ0v) is 27.0. The second-order valence-electron chi connectivity index (χ2n) is 8.52. The molecular formula is C15H36O2P10. The van der Waals surface area contributed by atoms with Gasteiger partial charge in [0.25, 0.3) is 0 Å². The number of hydrogen-bond donors (Lipinski definition) is 1. The van der Waals surface area contributed by atoms with E-state index in [1.807, 2.05) is 0 Å². The zero-order valence-electron chi connectivity index (χ0n) is 16.7. The van der Waals surface area contributed by atoms with Crippen LogP contribution in [0.2, 0.25) is 0 Å². The summed E-state index contributed by atoms with van der Waals surface area (Å²) in [5.74, 6) is 0.835. The fraction of sp³-hybridized carbons (Fsp3) is 0.867. The molecule has 2 aliphatic carbocycles. The van der Waals surface area contributed by atoms with Gasteiger partial charge >= 0.3 is 0 Å². The van der Waals surface area contributed by atoms with Gasteiger partial charge in [-0.3, -0.25) is 0 Å². The molecule has 0 aromatic carbocycles. The Labute approximate surface area is 184 Å². The van der Waals surface area contributed by atoms with E-state index in [4.69, 9.17) is 4.52 Å². The van der Waals surface area contributed by atoms with Gasteiger partial charge < -0.3 is 9.63 Å². The van der Waals surface area contributed by atoms with E-state index in [2.05, 4.69) is 78.4 Å². The summed E-state index contributed by atoms with van der Waals surface area (Å²) in [5, 5.41) is 11.5. The van der Waals surface area contributed by atoms with Crippen molar-refractivity contribution in [2.75, 3.05) is 0 Å². The monoisotopic (exact) mass is 558 g/mol. The summed E-state index contributed by atoms with van der Waals surface area (Å²) in [7, 11) is 15.6. The average molecular weight is 558 g/mol. The van der Waals surface area contributed by atoms with Gasteiger partial charge in [-0.2, -0.15) is 0 Å². The Bertz CT molecular complexity index is 543.